The van der Waals surface area contributed by atoms with E-state index in [0.29, 0.717) is 5.82 Å². The molecule has 0 saturated heterocycles. The molecule has 0 bridgehead atoms. The fourth-order valence-corrected chi connectivity index (χ4v) is 1.14. The molecule has 0 spiro atoms. The van der Waals surface area contributed by atoms with Gasteiger partial charge in [-0.25, -0.2) is 0 Å². The van der Waals surface area contributed by atoms with Crippen molar-refractivity contribution in [2.45, 2.75) is 26.3 Å². The van der Waals surface area contributed by atoms with Crippen LogP contribution in [0.3, 0.4) is 0 Å². The average Bonchev–Trinajstić information content (AvgIpc) is 2.67. The number of aromatic nitrogens is 4. The van der Waals surface area contributed by atoms with Crippen molar-refractivity contribution in [3.63, 3.8) is 0 Å². The Morgan fingerprint density at radius 3 is 2.41 bits per heavy atom. The van der Waals surface area contributed by atoms with Crippen LogP contribution in [0.2, 0.25) is 0 Å². The van der Waals surface area contributed by atoms with Crippen molar-refractivity contribution in [3.8, 4) is 11.4 Å². The number of nitrogens with zero attached hydrogens (tertiary/aromatic N) is 4. The fourth-order valence-electron chi connectivity index (χ4n) is 1.14. The first-order valence-corrected chi connectivity index (χ1v) is 4.85. The van der Waals surface area contributed by atoms with Crippen molar-refractivity contribution in [2.24, 2.45) is 0 Å². The predicted octanol–water partition coefficient (Wildman–Crippen LogP) is -1.48. The van der Waals surface area contributed by atoms with Crippen LogP contribution in [0, 0.1) is 6.07 Å². The first-order chi connectivity index (χ1) is 7.07. The van der Waals surface area contributed by atoms with Gasteiger partial charge >= 0.3 is 23.1 Å². The molecular formula is C11H13BrMgN4. The summed E-state index contributed by atoms with van der Waals surface area (Å²) >= 11 is 0. The number of tetrazole rings is 1. The maximum atomic E-state index is 4.31. The van der Waals surface area contributed by atoms with E-state index in [9.17, 15) is 0 Å². The van der Waals surface area contributed by atoms with Crippen LogP contribution in [-0.2, 0) is 5.54 Å². The second-order valence-corrected chi connectivity index (χ2v) is 4.35. The molecule has 0 radical (unpaired) electrons. The molecule has 0 aliphatic carbocycles. The summed E-state index contributed by atoms with van der Waals surface area (Å²) in [5, 5.41) is 12.3. The number of rotatable bonds is 1. The van der Waals surface area contributed by atoms with Gasteiger partial charge in [-0.15, -0.1) is 35.9 Å². The molecule has 0 unspecified atom stereocenters. The summed E-state index contributed by atoms with van der Waals surface area (Å²) in [7, 11) is 0. The first kappa shape index (κ1) is 16.5. The molecule has 0 aliphatic heterocycles. The Labute approximate surface area is 128 Å². The molecule has 0 N–H and O–H groups in total. The zero-order valence-corrected chi connectivity index (χ0v) is 13.2. The van der Waals surface area contributed by atoms with Crippen LogP contribution in [0.4, 0.5) is 0 Å². The fraction of sp³-hybridized carbons (Fsp3) is 0.364. The smallest absolute Gasteiger partial charge is 1.00 e. The molecule has 0 fully saturated rings. The maximum absolute atomic E-state index is 4.31. The normalized spacial score (nSPS) is 10.3. The van der Waals surface area contributed by atoms with Crippen molar-refractivity contribution < 1.29 is 17.0 Å². The quantitative estimate of drug-likeness (QED) is 0.477. The van der Waals surface area contributed by atoms with E-state index in [1.807, 2.05) is 45.0 Å². The zero-order chi connectivity index (χ0) is 10.9. The molecule has 1 heterocycles. The van der Waals surface area contributed by atoms with Crippen LogP contribution in [0.15, 0.2) is 24.3 Å². The van der Waals surface area contributed by atoms with Crippen LogP contribution in [-0.4, -0.2) is 43.3 Å². The molecule has 4 nitrogen and oxygen atoms in total. The van der Waals surface area contributed by atoms with Crippen molar-refractivity contribution in [3.05, 3.63) is 30.3 Å². The molecular weight excluding hydrogens is 292 g/mol. The zero-order valence-electron chi connectivity index (χ0n) is 10.2. The van der Waals surface area contributed by atoms with Gasteiger partial charge in [0, 0.05) is 0 Å². The summed E-state index contributed by atoms with van der Waals surface area (Å²) < 4.78 is 0. The van der Waals surface area contributed by atoms with E-state index in [1.54, 1.807) is 4.80 Å². The minimum absolute atomic E-state index is 0. The van der Waals surface area contributed by atoms with Gasteiger partial charge < -0.3 is 17.0 Å². The molecule has 86 valence electrons. The second-order valence-electron chi connectivity index (χ2n) is 4.35. The van der Waals surface area contributed by atoms with Gasteiger partial charge in [0.2, 0.25) is 0 Å². The Kier molecular flexibility index (Phi) is 6.29. The van der Waals surface area contributed by atoms with Gasteiger partial charge in [0.05, 0.1) is 5.54 Å². The topological polar surface area (TPSA) is 43.6 Å². The largest absolute Gasteiger partial charge is 2.00 e. The Hall–Kier alpha value is -0.464. The van der Waals surface area contributed by atoms with Crippen LogP contribution in [0.1, 0.15) is 20.8 Å². The van der Waals surface area contributed by atoms with Crippen molar-refractivity contribution in [1.29, 1.82) is 0 Å². The number of hydrogen-bond acceptors (Lipinski definition) is 3. The minimum atomic E-state index is -0.139. The standard InChI is InChI=1S/C11H13N4.BrH.Mg/c1-11(2,3)15-13-10(12-14-15)9-7-5-4-6-8-9;;/h4-7H,1-3H3;1H;/q-1;;+2/p-1. The monoisotopic (exact) mass is 304 g/mol. The van der Waals surface area contributed by atoms with Gasteiger partial charge in [-0.05, 0) is 20.8 Å². The summed E-state index contributed by atoms with van der Waals surface area (Å²) in [6.07, 6.45) is 0. The van der Waals surface area contributed by atoms with Crippen LogP contribution in [0.25, 0.3) is 11.4 Å². The Morgan fingerprint density at radius 1 is 1.24 bits per heavy atom. The molecule has 6 heteroatoms. The molecule has 2 rings (SSSR count). The molecule has 17 heavy (non-hydrogen) atoms. The van der Waals surface area contributed by atoms with Crippen LogP contribution >= 0.6 is 0 Å². The van der Waals surface area contributed by atoms with E-state index >= 15 is 0 Å². The van der Waals surface area contributed by atoms with Crippen molar-refractivity contribution >= 4 is 23.1 Å². The summed E-state index contributed by atoms with van der Waals surface area (Å²) in [6.45, 7) is 6.10. The Balaban J connectivity index is 0.00000128. The third kappa shape index (κ3) is 4.04. The van der Waals surface area contributed by atoms with Crippen molar-refractivity contribution in [1.82, 2.24) is 20.2 Å². The van der Waals surface area contributed by atoms with Gasteiger partial charge in [0.1, 0.15) is 5.82 Å². The third-order valence-electron chi connectivity index (χ3n) is 1.96. The molecule has 1 aromatic carbocycles. The van der Waals surface area contributed by atoms with Crippen LogP contribution in [0.5, 0.6) is 0 Å². The number of benzene rings is 1. The van der Waals surface area contributed by atoms with Crippen LogP contribution < -0.4 is 17.0 Å². The van der Waals surface area contributed by atoms with E-state index in [4.69, 9.17) is 0 Å². The molecule has 0 amide bonds. The molecule has 0 saturated carbocycles. The van der Waals surface area contributed by atoms with Crippen molar-refractivity contribution in [2.75, 3.05) is 0 Å². The van der Waals surface area contributed by atoms with Gasteiger partial charge in [-0.2, -0.15) is 15.0 Å². The minimum Gasteiger partial charge on any atom is -1.00 e. The summed E-state index contributed by atoms with van der Waals surface area (Å²) in [5.74, 6) is 0.616. The van der Waals surface area contributed by atoms with E-state index in [0.717, 1.165) is 5.56 Å². The van der Waals surface area contributed by atoms with Gasteiger partial charge in [-0.3, -0.25) is 0 Å². The number of hydrogen-bond donors (Lipinski definition) is 0. The van der Waals surface area contributed by atoms with E-state index in [1.165, 1.54) is 0 Å². The maximum Gasteiger partial charge on any atom is 2.00 e. The van der Waals surface area contributed by atoms with E-state index in [2.05, 4.69) is 21.5 Å². The van der Waals surface area contributed by atoms with Gasteiger partial charge in [-0.1, -0.05) is 5.21 Å². The number of halogens is 1. The summed E-state index contributed by atoms with van der Waals surface area (Å²) in [4.78, 5) is 1.61. The molecule has 0 aliphatic rings. The second kappa shape index (κ2) is 6.46. The summed E-state index contributed by atoms with van der Waals surface area (Å²) in [5.41, 5.74) is 0.730. The molecule has 1 aromatic heterocycles. The molecule has 2 aromatic rings. The Bertz CT molecular complexity index is 450. The van der Waals surface area contributed by atoms with E-state index < -0.39 is 0 Å². The SMILES string of the molecule is CC(C)(C)n1nnc(-c2[c-]cccc2)n1.[Br-].[Mg+2]. The average molecular weight is 305 g/mol. The Morgan fingerprint density at radius 2 is 1.94 bits per heavy atom. The molecule has 0 atom stereocenters. The van der Waals surface area contributed by atoms with Gasteiger partial charge in [0.25, 0.3) is 0 Å². The third-order valence-corrected chi connectivity index (χ3v) is 1.96. The summed E-state index contributed by atoms with van der Waals surface area (Å²) in [6, 6.07) is 10.7. The van der Waals surface area contributed by atoms with E-state index in [-0.39, 0.29) is 45.6 Å². The first-order valence-electron chi connectivity index (χ1n) is 4.85. The van der Waals surface area contributed by atoms with Gasteiger partial charge in [0.15, 0.2) is 0 Å². The predicted molar refractivity (Wildman–Crippen MR) is 62.8 cm³/mol.